The molecule has 1 aliphatic rings. The number of rotatable bonds is 6. The first-order valence-electron chi connectivity index (χ1n) is 7.59. The monoisotopic (exact) mass is 324 g/mol. The molecule has 0 aliphatic carbocycles. The van der Waals surface area contributed by atoms with E-state index in [1.54, 1.807) is 0 Å². The Morgan fingerprint density at radius 2 is 1.95 bits per heavy atom. The molecule has 2 atom stereocenters. The zero-order chi connectivity index (χ0) is 13.8. The Morgan fingerprint density at radius 1 is 1.26 bits per heavy atom. The lowest BCUT2D eigenvalue weighted by atomic mass is 9.90. The van der Waals surface area contributed by atoms with E-state index in [4.69, 9.17) is 4.74 Å². The third-order valence-electron chi connectivity index (χ3n) is 3.97. The molecule has 1 aliphatic heterocycles. The second-order valence-electron chi connectivity index (χ2n) is 5.74. The summed E-state index contributed by atoms with van der Waals surface area (Å²) in [6.45, 7) is 6.70. The van der Waals surface area contributed by atoms with Gasteiger partial charge in [-0.1, -0.05) is 54.8 Å². The third kappa shape index (κ3) is 3.53. The zero-order valence-corrected chi connectivity index (χ0v) is 13.9. The van der Waals surface area contributed by atoms with Crippen LogP contribution in [0.2, 0.25) is 0 Å². The maximum Gasteiger partial charge on any atom is 0.123 e. The van der Waals surface area contributed by atoms with Crippen molar-refractivity contribution in [2.45, 2.75) is 63.8 Å². The van der Waals surface area contributed by atoms with Crippen LogP contribution >= 0.6 is 15.9 Å². The van der Waals surface area contributed by atoms with Gasteiger partial charge < -0.3 is 4.74 Å². The molecule has 1 aromatic carbocycles. The van der Waals surface area contributed by atoms with Crippen LogP contribution in [0.5, 0.6) is 5.75 Å². The van der Waals surface area contributed by atoms with Crippen LogP contribution in [0, 0.1) is 5.92 Å². The fraction of sp³-hybridized carbons (Fsp3) is 0.647. The molecule has 2 unspecified atom stereocenters. The Hall–Kier alpha value is -0.500. The quantitative estimate of drug-likeness (QED) is 0.613. The number of halogens is 1. The smallest absolute Gasteiger partial charge is 0.123 e. The molecule has 0 saturated heterocycles. The van der Waals surface area contributed by atoms with Gasteiger partial charge in [0.15, 0.2) is 0 Å². The molecule has 0 aromatic heterocycles. The van der Waals surface area contributed by atoms with Crippen LogP contribution in [0.4, 0.5) is 0 Å². The Balaban J connectivity index is 2.14. The van der Waals surface area contributed by atoms with E-state index >= 15 is 0 Å². The largest absolute Gasteiger partial charge is 0.490 e. The lowest BCUT2D eigenvalue weighted by molar-refractivity contribution is 0.254. The van der Waals surface area contributed by atoms with Crippen molar-refractivity contribution in [3.63, 3.8) is 0 Å². The van der Waals surface area contributed by atoms with Gasteiger partial charge >= 0.3 is 0 Å². The van der Waals surface area contributed by atoms with Crippen LogP contribution in [0.1, 0.15) is 62.4 Å². The molecule has 0 saturated carbocycles. The summed E-state index contributed by atoms with van der Waals surface area (Å²) in [6, 6.07) is 6.72. The second-order valence-corrected chi connectivity index (χ2v) is 6.73. The zero-order valence-electron chi connectivity index (χ0n) is 12.3. The Morgan fingerprint density at radius 3 is 2.58 bits per heavy atom. The lowest BCUT2D eigenvalue weighted by Crippen LogP contribution is -2.08. The van der Waals surface area contributed by atoms with Crippen molar-refractivity contribution in [1.82, 2.24) is 0 Å². The maximum atomic E-state index is 5.78. The SMILES string of the molecule is CCCC(CCC)C(Br)c1ccc2c(c1)CC(C)O2. The highest BCUT2D eigenvalue weighted by molar-refractivity contribution is 9.09. The molecule has 1 heterocycles. The predicted octanol–water partition coefficient (Wildman–Crippen LogP) is 5.66. The number of hydrogen-bond acceptors (Lipinski definition) is 1. The first-order chi connectivity index (χ1) is 9.15. The van der Waals surface area contributed by atoms with E-state index < -0.39 is 0 Å². The summed E-state index contributed by atoms with van der Waals surface area (Å²) >= 11 is 3.94. The highest BCUT2D eigenvalue weighted by atomic mass is 79.9. The highest BCUT2D eigenvalue weighted by Gasteiger charge is 2.23. The van der Waals surface area contributed by atoms with E-state index in [-0.39, 0.29) is 0 Å². The van der Waals surface area contributed by atoms with E-state index in [2.05, 4.69) is 54.9 Å². The van der Waals surface area contributed by atoms with E-state index in [1.807, 2.05) is 0 Å². The number of fused-ring (bicyclic) bond motifs is 1. The minimum atomic E-state index is 0.334. The summed E-state index contributed by atoms with van der Waals surface area (Å²) in [4.78, 5) is 0.480. The fourth-order valence-corrected chi connectivity index (χ4v) is 3.88. The standard InChI is InChI=1S/C17H25BrO/c1-4-6-13(7-5-2)17(18)14-8-9-16-15(11-14)10-12(3)19-16/h8-9,11-13,17H,4-7,10H2,1-3H3. The third-order valence-corrected chi connectivity index (χ3v) is 5.25. The average Bonchev–Trinajstić information content (AvgIpc) is 2.76. The second kappa shape index (κ2) is 6.78. The van der Waals surface area contributed by atoms with Gasteiger partial charge in [-0.2, -0.15) is 0 Å². The number of ether oxygens (including phenoxy) is 1. The molecule has 0 bridgehead atoms. The highest BCUT2D eigenvalue weighted by Crippen LogP contribution is 2.39. The Kier molecular flexibility index (Phi) is 5.32. The summed E-state index contributed by atoms with van der Waals surface area (Å²) in [7, 11) is 0. The van der Waals surface area contributed by atoms with Gasteiger partial charge in [-0.25, -0.2) is 0 Å². The molecule has 106 valence electrons. The van der Waals surface area contributed by atoms with E-state index in [9.17, 15) is 0 Å². The molecule has 0 radical (unpaired) electrons. The number of benzene rings is 1. The normalized spacial score (nSPS) is 19.3. The molecule has 0 N–H and O–H groups in total. The average molecular weight is 325 g/mol. The van der Waals surface area contributed by atoms with Crippen LogP contribution < -0.4 is 4.74 Å². The van der Waals surface area contributed by atoms with Gasteiger partial charge in [-0.05, 0) is 42.9 Å². The van der Waals surface area contributed by atoms with E-state index in [0.717, 1.165) is 18.1 Å². The van der Waals surface area contributed by atoms with Gasteiger partial charge in [-0.3, -0.25) is 0 Å². The van der Waals surface area contributed by atoms with Crippen molar-refractivity contribution >= 4 is 15.9 Å². The molecule has 1 aromatic rings. The van der Waals surface area contributed by atoms with Crippen molar-refractivity contribution in [2.24, 2.45) is 5.92 Å². The van der Waals surface area contributed by atoms with Gasteiger partial charge in [0.1, 0.15) is 11.9 Å². The summed E-state index contributed by atoms with van der Waals surface area (Å²) in [5.41, 5.74) is 2.80. The molecular weight excluding hydrogens is 300 g/mol. The van der Waals surface area contributed by atoms with Gasteiger partial charge in [0.2, 0.25) is 0 Å². The summed E-state index contributed by atoms with van der Waals surface area (Å²) in [6.07, 6.45) is 6.51. The van der Waals surface area contributed by atoms with Gasteiger partial charge in [0, 0.05) is 11.2 Å². The molecule has 1 nitrogen and oxygen atoms in total. The van der Waals surface area contributed by atoms with Gasteiger partial charge in [-0.15, -0.1) is 0 Å². The maximum absolute atomic E-state index is 5.78. The van der Waals surface area contributed by atoms with Crippen LogP contribution in [0.15, 0.2) is 18.2 Å². The van der Waals surface area contributed by atoms with Crippen molar-refractivity contribution < 1.29 is 4.74 Å². The minimum absolute atomic E-state index is 0.334. The van der Waals surface area contributed by atoms with Crippen molar-refractivity contribution in [3.05, 3.63) is 29.3 Å². The molecule has 2 rings (SSSR count). The first kappa shape index (κ1) is 14.9. The molecule has 0 fully saturated rings. The molecule has 0 spiro atoms. The van der Waals surface area contributed by atoms with Gasteiger partial charge in [0.05, 0.1) is 0 Å². The van der Waals surface area contributed by atoms with Crippen molar-refractivity contribution in [2.75, 3.05) is 0 Å². The van der Waals surface area contributed by atoms with Crippen LogP contribution in [-0.2, 0) is 6.42 Å². The minimum Gasteiger partial charge on any atom is -0.490 e. The van der Waals surface area contributed by atoms with Crippen molar-refractivity contribution in [1.29, 1.82) is 0 Å². The van der Waals surface area contributed by atoms with Crippen LogP contribution in [0.25, 0.3) is 0 Å². The summed E-state index contributed by atoms with van der Waals surface area (Å²) in [5.74, 6) is 1.83. The summed E-state index contributed by atoms with van der Waals surface area (Å²) < 4.78 is 5.78. The first-order valence-corrected chi connectivity index (χ1v) is 8.50. The fourth-order valence-electron chi connectivity index (χ4n) is 3.06. The van der Waals surface area contributed by atoms with Crippen LogP contribution in [0.3, 0.4) is 0 Å². The Labute approximate surface area is 125 Å². The molecule has 19 heavy (non-hydrogen) atoms. The number of alkyl halides is 1. The molecule has 2 heteroatoms. The van der Waals surface area contributed by atoms with E-state index in [1.165, 1.54) is 36.8 Å². The topological polar surface area (TPSA) is 9.23 Å². The molecule has 0 amide bonds. The van der Waals surface area contributed by atoms with Gasteiger partial charge in [0.25, 0.3) is 0 Å². The van der Waals surface area contributed by atoms with Crippen molar-refractivity contribution in [3.8, 4) is 5.75 Å². The van der Waals surface area contributed by atoms with E-state index in [0.29, 0.717) is 10.9 Å². The Bertz CT molecular complexity index is 410. The molecular formula is C17H25BrO. The summed E-state index contributed by atoms with van der Waals surface area (Å²) in [5, 5.41) is 0. The lowest BCUT2D eigenvalue weighted by Gasteiger charge is -2.22. The number of hydrogen-bond donors (Lipinski definition) is 0. The van der Waals surface area contributed by atoms with Crippen LogP contribution in [-0.4, -0.2) is 6.10 Å². The predicted molar refractivity (Wildman–Crippen MR) is 85.2 cm³/mol.